The van der Waals surface area contributed by atoms with Crippen LogP contribution in [0.15, 0.2) is 0 Å². The van der Waals surface area contributed by atoms with Crippen LogP contribution in [0, 0.1) is 0 Å². The molecule has 0 rings (SSSR count). The van der Waals surface area contributed by atoms with E-state index in [9.17, 15) is 0 Å². The monoisotopic (exact) mass is 290 g/mol. The van der Waals surface area contributed by atoms with Gasteiger partial charge in [-0.05, 0) is 45.7 Å². The third-order valence-electron chi connectivity index (χ3n) is 2.60. The smallest absolute Gasteiger partial charge is 0.184 e. The Balaban J connectivity index is 4.08. The molecule has 0 aromatic carbocycles. The minimum absolute atomic E-state index is 0.320. The molecule has 0 saturated carbocycles. The molecule has 0 spiro atoms. The van der Waals surface area contributed by atoms with Crippen LogP contribution in [-0.4, -0.2) is 29.3 Å². The summed E-state index contributed by atoms with van der Waals surface area (Å²) in [6.07, 6.45) is 6.72. The van der Waals surface area contributed by atoms with Gasteiger partial charge in [-0.1, -0.05) is 32.6 Å². The molecule has 1 atom stereocenters. The summed E-state index contributed by atoms with van der Waals surface area (Å²) >= 11 is 0. The lowest BCUT2D eigenvalue weighted by Gasteiger charge is -2.29. The van der Waals surface area contributed by atoms with E-state index >= 15 is 0 Å². The highest BCUT2D eigenvalue weighted by Crippen LogP contribution is 2.16. The number of hydrogen-bond donors (Lipinski definition) is 0. The molecular weight excluding hydrogens is 256 g/mol. The Morgan fingerprint density at radius 2 is 1.44 bits per heavy atom. The molecule has 0 aromatic rings. The minimum Gasteiger partial charge on any atom is -0.415 e. The topological polar surface area (TPSA) is 18.5 Å². The summed E-state index contributed by atoms with van der Waals surface area (Å²) in [5, 5.41) is 0. The van der Waals surface area contributed by atoms with Crippen LogP contribution in [0.5, 0.6) is 0 Å². The van der Waals surface area contributed by atoms with Crippen LogP contribution in [0.3, 0.4) is 0 Å². The van der Waals surface area contributed by atoms with Gasteiger partial charge in [0.1, 0.15) is 0 Å². The van der Waals surface area contributed by atoms with E-state index < -0.39 is 16.6 Å². The number of rotatable bonds is 10. The summed E-state index contributed by atoms with van der Waals surface area (Å²) in [5.74, 6) is 0. The van der Waals surface area contributed by atoms with Crippen LogP contribution in [0.4, 0.5) is 0 Å². The van der Waals surface area contributed by atoms with E-state index in [1.807, 2.05) is 0 Å². The zero-order valence-electron chi connectivity index (χ0n) is 13.6. The van der Waals surface area contributed by atoms with Crippen LogP contribution in [0.1, 0.15) is 39.0 Å². The summed E-state index contributed by atoms with van der Waals surface area (Å²) in [6.45, 7) is 16.6. The lowest BCUT2D eigenvalue weighted by atomic mass is 10.1. The fourth-order valence-electron chi connectivity index (χ4n) is 1.82. The fraction of sp³-hybridized carbons (Fsp3) is 1.00. The Labute approximate surface area is 117 Å². The second kappa shape index (κ2) is 8.51. The highest BCUT2D eigenvalue weighted by molar-refractivity contribution is 6.70. The van der Waals surface area contributed by atoms with Crippen molar-refractivity contribution in [1.82, 2.24) is 0 Å². The van der Waals surface area contributed by atoms with E-state index in [0.29, 0.717) is 6.10 Å². The van der Waals surface area contributed by atoms with Crippen LogP contribution in [0.2, 0.25) is 39.3 Å². The van der Waals surface area contributed by atoms with E-state index in [1.54, 1.807) is 0 Å². The molecule has 0 aliphatic carbocycles. The van der Waals surface area contributed by atoms with Gasteiger partial charge in [0.2, 0.25) is 0 Å². The molecule has 0 aliphatic rings. The van der Waals surface area contributed by atoms with E-state index in [1.165, 1.54) is 25.7 Å². The van der Waals surface area contributed by atoms with Gasteiger partial charge in [0, 0.05) is 0 Å². The molecule has 0 aromatic heterocycles. The highest BCUT2D eigenvalue weighted by atomic mass is 28.4. The number of unbranched alkanes of at least 4 members (excludes halogenated alkanes) is 3. The summed E-state index contributed by atoms with van der Waals surface area (Å²) in [6, 6.07) is 0. The van der Waals surface area contributed by atoms with E-state index in [0.717, 1.165) is 13.0 Å². The first-order chi connectivity index (χ1) is 8.14. The minimum atomic E-state index is -1.45. The predicted octanol–water partition coefficient (Wildman–Crippen LogP) is 5.03. The van der Waals surface area contributed by atoms with Crippen LogP contribution < -0.4 is 0 Å². The zero-order valence-corrected chi connectivity index (χ0v) is 15.6. The summed E-state index contributed by atoms with van der Waals surface area (Å²) in [4.78, 5) is 0. The SMILES string of the molecule is CCCCCCC(CO[Si](C)(C)C)O[Si](C)(C)C. The lowest BCUT2D eigenvalue weighted by molar-refractivity contribution is 0.109. The maximum Gasteiger partial charge on any atom is 0.184 e. The van der Waals surface area contributed by atoms with Gasteiger partial charge < -0.3 is 8.85 Å². The van der Waals surface area contributed by atoms with E-state index in [2.05, 4.69) is 46.2 Å². The second-order valence-corrected chi connectivity index (χ2v) is 16.1. The predicted molar refractivity (Wildman–Crippen MR) is 86.3 cm³/mol. The Hall–Kier alpha value is 0.354. The largest absolute Gasteiger partial charge is 0.415 e. The van der Waals surface area contributed by atoms with Crippen molar-refractivity contribution in [2.45, 2.75) is 84.4 Å². The van der Waals surface area contributed by atoms with Crippen molar-refractivity contribution in [1.29, 1.82) is 0 Å². The van der Waals surface area contributed by atoms with Gasteiger partial charge in [-0.2, -0.15) is 0 Å². The molecule has 0 saturated heterocycles. The molecule has 0 aliphatic heterocycles. The molecule has 1 unspecified atom stereocenters. The van der Waals surface area contributed by atoms with Crippen molar-refractivity contribution in [2.75, 3.05) is 6.61 Å². The van der Waals surface area contributed by atoms with Gasteiger partial charge in [0.25, 0.3) is 0 Å². The maximum atomic E-state index is 6.25. The molecule has 4 heteroatoms. The molecular formula is C14H34O2Si2. The molecule has 2 nitrogen and oxygen atoms in total. The van der Waals surface area contributed by atoms with Gasteiger partial charge in [0.05, 0.1) is 12.7 Å². The molecule has 0 N–H and O–H groups in total. The Bertz CT molecular complexity index is 207. The molecule has 0 amide bonds. The first-order valence-corrected chi connectivity index (χ1v) is 14.3. The fourth-order valence-corrected chi connectivity index (χ4v) is 3.69. The normalized spacial score (nSPS) is 14.8. The Kier molecular flexibility index (Phi) is 8.68. The van der Waals surface area contributed by atoms with Crippen molar-refractivity contribution in [3.63, 3.8) is 0 Å². The standard InChI is InChI=1S/C14H34O2Si2/c1-8-9-10-11-12-14(16-18(5,6)7)13-15-17(2,3)4/h14H,8-13H2,1-7H3. The van der Waals surface area contributed by atoms with Crippen LogP contribution >= 0.6 is 0 Å². The lowest BCUT2D eigenvalue weighted by Crippen LogP contribution is -2.38. The van der Waals surface area contributed by atoms with E-state index in [-0.39, 0.29) is 0 Å². The molecule has 0 heterocycles. The highest BCUT2D eigenvalue weighted by Gasteiger charge is 2.23. The average Bonchev–Trinajstić information content (AvgIpc) is 2.17. The third-order valence-corrected chi connectivity index (χ3v) is 4.68. The number of hydrogen-bond acceptors (Lipinski definition) is 2. The zero-order chi connectivity index (χ0) is 14.2. The van der Waals surface area contributed by atoms with Crippen molar-refractivity contribution < 1.29 is 8.85 Å². The summed E-state index contributed by atoms with van der Waals surface area (Å²) in [5.41, 5.74) is 0. The van der Waals surface area contributed by atoms with Crippen molar-refractivity contribution >= 4 is 16.6 Å². The summed E-state index contributed by atoms with van der Waals surface area (Å²) < 4.78 is 12.3. The van der Waals surface area contributed by atoms with Gasteiger partial charge in [-0.25, -0.2) is 0 Å². The third kappa shape index (κ3) is 12.8. The molecule has 110 valence electrons. The first-order valence-electron chi connectivity index (χ1n) is 7.46. The first kappa shape index (κ1) is 18.4. The van der Waals surface area contributed by atoms with Crippen LogP contribution in [-0.2, 0) is 8.85 Å². The quantitative estimate of drug-likeness (QED) is 0.415. The van der Waals surface area contributed by atoms with Gasteiger partial charge >= 0.3 is 0 Å². The molecule has 18 heavy (non-hydrogen) atoms. The maximum absolute atomic E-state index is 6.25. The van der Waals surface area contributed by atoms with Crippen molar-refractivity contribution in [2.24, 2.45) is 0 Å². The molecule has 0 fully saturated rings. The summed E-state index contributed by atoms with van der Waals surface area (Å²) in [7, 11) is -2.86. The van der Waals surface area contributed by atoms with Gasteiger partial charge in [-0.15, -0.1) is 0 Å². The Morgan fingerprint density at radius 3 is 1.89 bits per heavy atom. The van der Waals surface area contributed by atoms with Crippen molar-refractivity contribution in [3.8, 4) is 0 Å². The van der Waals surface area contributed by atoms with Gasteiger partial charge in [0.15, 0.2) is 16.6 Å². The van der Waals surface area contributed by atoms with Crippen molar-refractivity contribution in [3.05, 3.63) is 0 Å². The Morgan fingerprint density at radius 1 is 0.833 bits per heavy atom. The molecule has 0 radical (unpaired) electrons. The van der Waals surface area contributed by atoms with E-state index in [4.69, 9.17) is 8.85 Å². The van der Waals surface area contributed by atoms with Crippen LogP contribution in [0.25, 0.3) is 0 Å². The second-order valence-electron chi connectivity index (χ2n) is 7.12. The molecule has 0 bridgehead atoms. The van der Waals surface area contributed by atoms with Gasteiger partial charge in [-0.3, -0.25) is 0 Å². The average molecular weight is 291 g/mol.